The summed E-state index contributed by atoms with van der Waals surface area (Å²) in [5, 5.41) is 10.2. The summed E-state index contributed by atoms with van der Waals surface area (Å²) >= 11 is 0. The molecule has 0 aliphatic carbocycles. The highest BCUT2D eigenvalue weighted by molar-refractivity contribution is 5.29. The highest BCUT2D eigenvalue weighted by Crippen LogP contribution is 2.24. The molecule has 1 aromatic carbocycles. The molecule has 0 radical (unpaired) electrons. The molecule has 1 rings (SSSR count). The van der Waals surface area contributed by atoms with Crippen molar-refractivity contribution in [3.8, 4) is 0 Å². The molecule has 3 N–H and O–H groups in total. The van der Waals surface area contributed by atoms with E-state index in [4.69, 9.17) is 10.5 Å². The molecule has 0 heterocycles. The average molecular weight is 223 g/mol. The van der Waals surface area contributed by atoms with Crippen LogP contribution in [0.15, 0.2) is 24.3 Å². The molecule has 2 unspecified atom stereocenters. The molecule has 0 aliphatic heterocycles. The van der Waals surface area contributed by atoms with Gasteiger partial charge in [0.2, 0.25) is 0 Å². The molecule has 0 aromatic heterocycles. The second-order valence-electron chi connectivity index (χ2n) is 4.40. The van der Waals surface area contributed by atoms with Crippen LogP contribution in [0.25, 0.3) is 0 Å². The highest BCUT2D eigenvalue weighted by atomic mass is 16.5. The van der Waals surface area contributed by atoms with Crippen molar-refractivity contribution in [1.82, 2.24) is 0 Å². The predicted molar refractivity (Wildman–Crippen MR) is 64.9 cm³/mol. The Balaban J connectivity index is 2.93. The van der Waals surface area contributed by atoms with Gasteiger partial charge in [-0.05, 0) is 17.0 Å². The number of hydrogen-bond acceptors (Lipinski definition) is 3. The van der Waals surface area contributed by atoms with Crippen LogP contribution in [0, 0.1) is 5.92 Å². The van der Waals surface area contributed by atoms with E-state index in [2.05, 4.69) is 0 Å². The maximum absolute atomic E-state index is 10.2. The van der Waals surface area contributed by atoms with Crippen LogP contribution in [0.2, 0.25) is 0 Å². The van der Waals surface area contributed by atoms with Crippen molar-refractivity contribution in [3.63, 3.8) is 0 Å². The zero-order chi connectivity index (χ0) is 12.1. The number of rotatable bonds is 5. The molecule has 1 aromatic rings. The predicted octanol–water partition coefficient (Wildman–Crippen LogP) is 1.85. The number of aliphatic hydroxyl groups excluding tert-OH is 1. The fourth-order valence-electron chi connectivity index (χ4n) is 1.68. The summed E-state index contributed by atoms with van der Waals surface area (Å²) in [5.41, 5.74) is 7.83. The molecular formula is C13H21NO2. The van der Waals surface area contributed by atoms with E-state index in [9.17, 15) is 5.11 Å². The van der Waals surface area contributed by atoms with E-state index in [1.165, 1.54) is 0 Å². The third kappa shape index (κ3) is 3.04. The van der Waals surface area contributed by atoms with E-state index in [1.54, 1.807) is 7.11 Å². The van der Waals surface area contributed by atoms with Crippen molar-refractivity contribution in [2.24, 2.45) is 11.7 Å². The Morgan fingerprint density at radius 2 is 1.94 bits per heavy atom. The normalized spacial score (nSPS) is 15.1. The lowest BCUT2D eigenvalue weighted by Gasteiger charge is -2.24. The Labute approximate surface area is 97.2 Å². The molecule has 0 aliphatic rings. The standard InChI is InChI=1S/C13H21NO2/c1-9(2)12(14)13(15)11-7-5-4-6-10(11)8-16-3/h4-7,9,12-13,15H,8,14H2,1-3H3. The number of aliphatic hydroxyl groups is 1. The minimum Gasteiger partial charge on any atom is -0.387 e. The fourth-order valence-corrected chi connectivity index (χ4v) is 1.68. The molecule has 0 fully saturated rings. The summed E-state index contributed by atoms with van der Waals surface area (Å²) in [6, 6.07) is 7.45. The molecular weight excluding hydrogens is 202 g/mol. The molecule has 90 valence electrons. The summed E-state index contributed by atoms with van der Waals surface area (Å²) in [6.07, 6.45) is -0.633. The van der Waals surface area contributed by atoms with Gasteiger partial charge in [0.25, 0.3) is 0 Å². The van der Waals surface area contributed by atoms with Crippen LogP contribution >= 0.6 is 0 Å². The van der Waals surface area contributed by atoms with Crippen molar-refractivity contribution in [1.29, 1.82) is 0 Å². The zero-order valence-electron chi connectivity index (χ0n) is 10.2. The highest BCUT2D eigenvalue weighted by Gasteiger charge is 2.21. The smallest absolute Gasteiger partial charge is 0.0946 e. The van der Waals surface area contributed by atoms with E-state index in [1.807, 2.05) is 38.1 Å². The van der Waals surface area contributed by atoms with Crippen molar-refractivity contribution >= 4 is 0 Å². The van der Waals surface area contributed by atoms with Gasteiger partial charge in [0.15, 0.2) is 0 Å². The largest absolute Gasteiger partial charge is 0.387 e. The van der Waals surface area contributed by atoms with Gasteiger partial charge in [-0.15, -0.1) is 0 Å². The number of benzene rings is 1. The Bertz CT molecular complexity index is 325. The summed E-state index contributed by atoms with van der Waals surface area (Å²) in [5.74, 6) is 0.241. The summed E-state index contributed by atoms with van der Waals surface area (Å²) < 4.78 is 5.11. The number of methoxy groups -OCH3 is 1. The Hall–Kier alpha value is -0.900. The summed E-state index contributed by atoms with van der Waals surface area (Å²) in [7, 11) is 1.64. The van der Waals surface area contributed by atoms with Gasteiger partial charge < -0.3 is 15.6 Å². The van der Waals surface area contributed by atoms with Crippen molar-refractivity contribution in [3.05, 3.63) is 35.4 Å². The molecule has 0 saturated carbocycles. The van der Waals surface area contributed by atoms with Crippen LogP contribution in [0.5, 0.6) is 0 Å². The minimum atomic E-state index is -0.633. The lowest BCUT2D eigenvalue weighted by atomic mass is 9.92. The molecule has 3 heteroatoms. The molecule has 0 amide bonds. The Morgan fingerprint density at radius 3 is 2.50 bits per heavy atom. The van der Waals surface area contributed by atoms with Crippen molar-refractivity contribution in [2.45, 2.75) is 32.6 Å². The van der Waals surface area contributed by atoms with Crippen LogP contribution in [-0.2, 0) is 11.3 Å². The van der Waals surface area contributed by atoms with Gasteiger partial charge in [0.1, 0.15) is 0 Å². The summed E-state index contributed by atoms with van der Waals surface area (Å²) in [6.45, 7) is 4.51. The number of hydrogen-bond donors (Lipinski definition) is 2. The number of ether oxygens (including phenoxy) is 1. The van der Waals surface area contributed by atoms with E-state index >= 15 is 0 Å². The zero-order valence-corrected chi connectivity index (χ0v) is 10.2. The van der Waals surface area contributed by atoms with Gasteiger partial charge in [-0.1, -0.05) is 38.1 Å². The maximum Gasteiger partial charge on any atom is 0.0946 e. The van der Waals surface area contributed by atoms with Crippen LogP contribution in [0.3, 0.4) is 0 Å². The summed E-state index contributed by atoms with van der Waals surface area (Å²) in [4.78, 5) is 0. The lowest BCUT2D eigenvalue weighted by molar-refractivity contribution is 0.120. The lowest BCUT2D eigenvalue weighted by Crippen LogP contribution is -2.34. The fraction of sp³-hybridized carbons (Fsp3) is 0.538. The average Bonchev–Trinajstić information content (AvgIpc) is 2.28. The van der Waals surface area contributed by atoms with Crippen LogP contribution in [-0.4, -0.2) is 18.3 Å². The second-order valence-corrected chi connectivity index (χ2v) is 4.40. The van der Waals surface area contributed by atoms with Gasteiger partial charge in [-0.2, -0.15) is 0 Å². The van der Waals surface area contributed by atoms with E-state index in [-0.39, 0.29) is 12.0 Å². The van der Waals surface area contributed by atoms with E-state index in [0.717, 1.165) is 11.1 Å². The van der Waals surface area contributed by atoms with Gasteiger partial charge in [-0.25, -0.2) is 0 Å². The topological polar surface area (TPSA) is 55.5 Å². The second kappa shape index (κ2) is 5.99. The first kappa shape index (κ1) is 13.2. The Kier molecular flexibility index (Phi) is 4.93. The van der Waals surface area contributed by atoms with Crippen molar-refractivity contribution < 1.29 is 9.84 Å². The quantitative estimate of drug-likeness (QED) is 0.801. The third-order valence-corrected chi connectivity index (χ3v) is 2.81. The minimum absolute atomic E-state index is 0.241. The SMILES string of the molecule is COCc1ccccc1C(O)C(N)C(C)C. The van der Waals surface area contributed by atoms with E-state index < -0.39 is 6.10 Å². The van der Waals surface area contributed by atoms with Gasteiger partial charge >= 0.3 is 0 Å². The molecule has 0 spiro atoms. The monoisotopic (exact) mass is 223 g/mol. The van der Waals surface area contributed by atoms with Gasteiger partial charge in [0, 0.05) is 13.2 Å². The molecule has 0 bridgehead atoms. The molecule has 2 atom stereocenters. The van der Waals surface area contributed by atoms with Crippen LogP contribution < -0.4 is 5.73 Å². The Morgan fingerprint density at radius 1 is 1.31 bits per heavy atom. The molecule has 0 saturated heterocycles. The first-order valence-electron chi connectivity index (χ1n) is 5.58. The first-order chi connectivity index (χ1) is 7.57. The molecule has 3 nitrogen and oxygen atoms in total. The number of nitrogens with two attached hydrogens (primary N) is 1. The van der Waals surface area contributed by atoms with Crippen LogP contribution in [0.4, 0.5) is 0 Å². The van der Waals surface area contributed by atoms with E-state index in [0.29, 0.717) is 6.61 Å². The third-order valence-electron chi connectivity index (χ3n) is 2.81. The first-order valence-corrected chi connectivity index (χ1v) is 5.58. The van der Waals surface area contributed by atoms with Gasteiger partial charge in [-0.3, -0.25) is 0 Å². The maximum atomic E-state index is 10.2. The molecule has 16 heavy (non-hydrogen) atoms. The van der Waals surface area contributed by atoms with Crippen LogP contribution in [0.1, 0.15) is 31.1 Å². The van der Waals surface area contributed by atoms with Crippen molar-refractivity contribution in [2.75, 3.05) is 7.11 Å². The van der Waals surface area contributed by atoms with Gasteiger partial charge in [0.05, 0.1) is 12.7 Å².